The van der Waals surface area contributed by atoms with Crippen molar-refractivity contribution in [2.75, 3.05) is 19.6 Å². The van der Waals surface area contributed by atoms with E-state index in [1.165, 1.54) is 12.1 Å². The van der Waals surface area contributed by atoms with Crippen LogP contribution in [0.5, 0.6) is 0 Å². The number of likely N-dealkylation sites (tertiary alicyclic amines) is 1. The van der Waals surface area contributed by atoms with E-state index in [1.807, 2.05) is 25.1 Å². The zero-order valence-corrected chi connectivity index (χ0v) is 16.1. The number of nitrogens with zero attached hydrogens (tertiary/aromatic N) is 1. The highest BCUT2D eigenvalue weighted by Gasteiger charge is 2.39. The molecule has 0 saturated carbocycles. The standard InChI is InChI=1S/C21H24FN3OS/c1-2-23-21(27)25-13-18(16-6-4-3-5-7-16)19(14-25)20(26)24-12-15-8-10-17(22)11-9-15/h3-11,18-19H,2,12-14H2,1H3,(H,23,27)(H,24,26)/t18-,19+/m1/s1. The summed E-state index contributed by atoms with van der Waals surface area (Å²) in [4.78, 5) is 15.0. The lowest BCUT2D eigenvalue weighted by atomic mass is 9.88. The lowest BCUT2D eigenvalue weighted by Gasteiger charge is -2.19. The molecule has 6 heteroatoms. The fraction of sp³-hybridized carbons (Fsp3) is 0.333. The first-order valence-corrected chi connectivity index (χ1v) is 9.59. The van der Waals surface area contributed by atoms with Crippen LogP contribution in [-0.2, 0) is 11.3 Å². The molecule has 142 valence electrons. The Labute approximate surface area is 164 Å². The molecule has 0 unspecified atom stereocenters. The maximum Gasteiger partial charge on any atom is 0.225 e. The van der Waals surface area contributed by atoms with Crippen LogP contribution >= 0.6 is 12.2 Å². The Morgan fingerprint density at radius 1 is 1.11 bits per heavy atom. The smallest absolute Gasteiger partial charge is 0.225 e. The van der Waals surface area contributed by atoms with Crippen molar-refractivity contribution < 1.29 is 9.18 Å². The van der Waals surface area contributed by atoms with Crippen molar-refractivity contribution in [2.45, 2.75) is 19.4 Å². The number of benzene rings is 2. The van der Waals surface area contributed by atoms with E-state index in [0.717, 1.165) is 17.7 Å². The molecular weight excluding hydrogens is 361 g/mol. The normalized spacial score (nSPS) is 19.0. The third-order valence-corrected chi connectivity index (χ3v) is 5.28. The summed E-state index contributed by atoms with van der Waals surface area (Å²) in [5.74, 6) is -0.395. The minimum atomic E-state index is -0.280. The third-order valence-electron chi connectivity index (χ3n) is 4.88. The van der Waals surface area contributed by atoms with Gasteiger partial charge in [0.25, 0.3) is 0 Å². The van der Waals surface area contributed by atoms with Gasteiger partial charge in [0.15, 0.2) is 5.11 Å². The number of rotatable bonds is 5. The van der Waals surface area contributed by atoms with Gasteiger partial charge in [0.1, 0.15) is 5.82 Å². The summed E-state index contributed by atoms with van der Waals surface area (Å²) < 4.78 is 13.0. The lowest BCUT2D eigenvalue weighted by molar-refractivity contribution is -0.125. The van der Waals surface area contributed by atoms with Gasteiger partial charge in [-0.2, -0.15) is 0 Å². The van der Waals surface area contributed by atoms with Crippen LogP contribution in [-0.4, -0.2) is 35.6 Å². The zero-order valence-electron chi connectivity index (χ0n) is 15.3. The van der Waals surface area contributed by atoms with E-state index < -0.39 is 0 Å². The van der Waals surface area contributed by atoms with Crippen molar-refractivity contribution >= 4 is 23.2 Å². The van der Waals surface area contributed by atoms with Gasteiger partial charge in [-0.25, -0.2) is 4.39 Å². The van der Waals surface area contributed by atoms with E-state index in [4.69, 9.17) is 12.2 Å². The monoisotopic (exact) mass is 385 g/mol. The molecule has 0 spiro atoms. The number of nitrogens with one attached hydrogen (secondary N) is 2. The van der Waals surface area contributed by atoms with Gasteiger partial charge in [0.05, 0.1) is 5.92 Å². The van der Waals surface area contributed by atoms with E-state index in [-0.39, 0.29) is 23.6 Å². The first kappa shape index (κ1) is 19.3. The average molecular weight is 386 g/mol. The highest BCUT2D eigenvalue weighted by atomic mass is 32.1. The molecule has 3 rings (SSSR count). The molecule has 1 fully saturated rings. The minimum Gasteiger partial charge on any atom is -0.363 e. The van der Waals surface area contributed by atoms with Crippen LogP contribution in [0.1, 0.15) is 24.0 Å². The van der Waals surface area contributed by atoms with E-state index in [0.29, 0.717) is 24.7 Å². The predicted molar refractivity (Wildman–Crippen MR) is 109 cm³/mol. The molecule has 2 aromatic rings. The van der Waals surface area contributed by atoms with Crippen molar-refractivity contribution in [2.24, 2.45) is 5.92 Å². The van der Waals surface area contributed by atoms with E-state index >= 15 is 0 Å². The summed E-state index contributed by atoms with van der Waals surface area (Å²) in [6.07, 6.45) is 0. The SMILES string of the molecule is CCNC(=S)N1C[C@H](C(=O)NCc2ccc(F)cc2)[C@@H](c2ccccc2)C1. The number of thiocarbonyl (C=S) groups is 1. The summed E-state index contributed by atoms with van der Waals surface area (Å²) in [6.45, 7) is 4.44. The van der Waals surface area contributed by atoms with Crippen molar-refractivity contribution in [1.29, 1.82) is 0 Å². The fourth-order valence-corrected chi connectivity index (χ4v) is 3.75. The Balaban J connectivity index is 1.71. The number of carbonyl (C=O) groups is 1. The molecule has 1 amide bonds. The van der Waals surface area contributed by atoms with Crippen LogP contribution < -0.4 is 10.6 Å². The molecule has 1 heterocycles. The summed E-state index contributed by atoms with van der Waals surface area (Å²) in [6, 6.07) is 16.3. The second-order valence-electron chi connectivity index (χ2n) is 6.71. The fourth-order valence-electron chi connectivity index (χ4n) is 3.46. The Morgan fingerprint density at radius 2 is 1.81 bits per heavy atom. The molecule has 4 nitrogen and oxygen atoms in total. The van der Waals surface area contributed by atoms with Crippen molar-refractivity contribution in [3.63, 3.8) is 0 Å². The summed E-state index contributed by atoms with van der Waals surface area (Å²) in [5.41, 5.74) is 2.01. The highest BCUT2D eigenvalue weighted by molar-refractivity contribution is 7.80. The second kappa shape index (κ2) is 8.95. The summed E-state index contributed by atoms with van der Waals surface area (Å²) >= 11 is 5.46. The summed E-state index contributed by atoms with van der Waals surface area (Å²) in [5, 5.41) is 6.86. The molecule has 1 saturated heterocycles. The Kier molecular flexibility index (Phi) is 6.40. The molecule has 1 aliphatic heterocycles. The van der Waals surface area contributed by atoms with Gasteiger partial charge in [-0.05, 0) is 42.4 Å². The van der Waals surface area contributed by atoms with Crippen LogP contribution in [0, 0.1) is 11.7 Å². The van der Waals surface area contributed by atoms with Crippen LogP contribution in [0.4, 0.5) is 4.39 Å². The predicted octanol–water partition coefficient (Wildman–Crippen LogP) is 3.05. The van der Waals surface area contributed by atoms with E-state index in [9.17, 15) is 9.18 Å². The maximum absolute atomic E-state index is 13.0. The number of hydrogen-bond acceptors (Lipinski definition) is 2. The first-order chi connectivity index (χ1) is 13.1. The molecule has 0 bridgehead atoms. The van der Waals surface area contributed by atoms with Gasteiger partial charge >= 0.3 is 0 Å². The first-order valence-electron chi connectivity index (χ1n) is 9.18. The maximum atomic E-state index is 13.0. The third kappa shape index (κ3) is 4.83. The number of halogens is 1. The van der Waals surface area contributed by atoms with Gasteiger partial charge < -0.3 is 15.5 Å². The van der Waals surface area contributed by atoms with Gasteiger partial charge in [0, 0.05) is 32.1 Å². The molecule has 0 aromatic heterocycles. The van der Waals surface area contributed by atoms with Crippen molar-refractivity contribution in [3.8, 4) is 0 Å². The highest BCUT2D eigenvalue weighted by Crippen LogP contribution is 2.33. The molecule has 1 aliphatic rings. The lowest BCUT2D eigenvalue weighted by Crippen LogP contribution is -2.39. The topological polar surface area (TPSA) is 44.4 Å². The molecule has 2 atom stereocenters. The van der Waals surface area contributed by atoms with Gasteiger partial charge in [0.2, 0.25) is 5.91 Å². The molecule has 27 heavy (non-hydrogen) atoms. The Bertz CT molecular complexity index is 782. The van der Waals surface area contributed by atoms with E-state index in [1.54, 1.807) is 12.1 Å². The van der Waals surface area contributed by atoms with Gasteiger partial charge in [-0.3, -0.25) is 4.79 Å². The Hall–Kier alpha value is -2.47. The summed E-state index contributed by atoms with van der Waals surface area (Å²) in [7, 11) is 0. The Morgan fingerprint density at radius 3 is 2.48 bits per heavy atom. The van der Waals surface area contributed by atoms with Crippen LogP contribution in [0.25, 0.3) is 0 Å². The quantitative estimate of drug-likeness (QED) is 0.777. The van der Waals surface area contributed by atoms with Crippen LogP contribution in [0.15, 0.2) is 54.6 Å². The molecular formula is C21H24FN3OS. The zero-order chi connectivity index (χ0) is 19.2. The molecule has 0 radical (unpaired) electrons. The minimum absolute atomic E-state index is 0.00465. The molecule has 2 aromatic carbocycles. The molecule has 0 aliphatic carbocycles. The second-order valence-corrected chi connectivity index (χ2v) is 7.10. The van der Waals surface area contributed by atoms with Gasteiger partial charge in [-0.15, -0.1) is 0 Å². The average Bonchev–Trinajstić information content (AvgIpc) is 3.14. The number of carbonyl (C=O) groups excluding carboxylic acids is 1. The largest absolute Gasteiger partial charge is 0.363 e. The van der Waals surface area contributed by atoms with Crippen LogP contribution in [0.3, 0.4) is 0 Å². The van der Waals surface area contributed by atoms with Crippen molar-refractivity contribution in [1.82, 2.24) is 15.5 Å². The number of hydrogen-bond donors (Lipinski definition) is 2. The van der Waals surface area contributed by atoms with Crippen LogP contribution in [0.2, 0.25) is 0 Å². The van der Waals surface area contributed by atoms with Gasteiger partial charge in [-0.1, -0.05) is 42.5 Å². The number of amides is 1. The van der Waals surface area contributed by atoms with E-state index in [2.05, 4.69) is 27.7 Å². The van der Waals surface area contributed by atoms with Crippen molar-refractivity contribution in [3.05, 3.63) is 71.5 Å². The molecule has 2 N–H and O–H groups in total.